The van der Waals surface area contributed by atoms with Gasteiger partial charge in [-0.15, -0.1) is 29.3 Å². The standard InChI is InChI=1S/C27H20N4O2S3/c1-3-12-31-26(33)23-19(17-10-8-16(2)9-11-17)14-34-25(23)30-27(31)35-15-21(32)18(13-28)24-29-20-6-4-5-7-22(20)36-24/h3-11,14,32H,1,12,15H2,2H3/b21-18-. The third kappa shape index (κ3) is 4.46. The van der Waals surface area contributed by atoms with Gasteiger partial charge in [-0.3, -0.25) is 9.36 Å². The first-order valence-corrected chi connectivity index (χ1v) is 13.7. The third-order valence-corrected chi connectivity index (χ3v) is 8.49. The van der Waals surface area contributed by atoms with Crippen LogP contribution in [0.1, 0.15) is 10.6 Å². The zero-order chi connectivity index (χ0) is 25.2. The summed E-state index contributed by atoms with van der Waals surface area (Å²) >= 11 is 3.97. The maximum absolute atomic E-state index is 13.6. The first kappa shape index (κ1) is 24.0. The van der Waals surface area contributed by atoms with E-state index in [1.165, 1.54) is 34.4 Å². The highest BCUT2D eigenvalue weighted by molar-refractivity contribution is 7.99. The molecule has 0 aliphatic carbocycles. The van der Waals surface area contributed by atoms with Crippen LogP contribution in [0.15, 0.2) is 82.3 Å². The van der Waals surface area contributed by atoms with Gasteiger partial charge < -0.3 is 5.11 Å². The van der Waals surface area contributed by atoms with Crippen molar-refractivity contribution >= 4 is 60.4 Å². The number of thiophene rings is 1. The molecule has 0 spiro atoms. The zero-order valence-electron chi connectivity index (χ0n) is 19.3. The minimum atomic E-state index is -0.158. The van der Waals surface area contributed by atoms with Crippen molar-refractivity contribution in [3.8, 4) is 17.2 Å². The molecule has 1 N–H and O–H groups in total. The van der Waals surface area contributed by atoms with Crippen molar-refractivity contribution in [3.05, 3.63) is 93.2 Å². The fraction of sp³-hybridized carbons (Fsp3) is 0.111. The zero-order valence-corrected chi connectivity index (χ0v) is 21.7. The molecule has 36 heavy (non-hydrogen) atoms. The van der Waals surface area contributed by atoms with Gasteiger partial charge in [0.15, 0.2) is 5.16 Å². The first-order chi connectivity index (χ1) is 17.5. The number of aliphatic hydroxyl groups is 1. The smallest absolute Gasteiger partial charge is 0.263 e. The number of nitrogens with zero attached hydrogens (tertiary/aromatic N) is 4. The van der Waals surface area contributed by atoms with Crippen molar-refractivity contribution in [1.29, 1.82) is 5.26 Å². The van der Waals surface area contributed by atoms with E-state index < -0.39 is 0 Å². The van der Waals surface area contributed by atoms with Crippen molar-refractivity contribution in [2.24, 2.45) is 0 Å². The highest BCUT2D eigenvalue weighted by Crippen LogP contribution is 2.33. The quantitative estimate of drug-likeness (QED) is 0.0820. The van der Waals surface area contributed by atoms with Crippen LogP contribution >= 0.6 is 34.4 Å². The number of benzene rings is 2. The Balaban J connectivity index is 1.51. The molecule has 3 heterocycles. The summed E-state index contributed by atoms with van der Waals surface area (Å²) in [7, 11) is 0. The Hall–Kier alpha value is -3.71. The normalized spacial score (nSPS) is 12.0. The van der Waals surface area contributed by atoms with Crippen molar-refractivity contribution in [2.45, 2.75) is 18.6 Å². The number of nitriles is 1. The minimum Gasteiger partial charge on any atom is -0.510 e. The molecule has 0 unspecified atom stereocenters. The second-order valence-electron chi connectivity index (χ2n) is 8.00. The van der Waals surface area contributed by atoms with Crippen molar-refractivity contribution in [2.75, 3.05) is 5.75 Å². The summed E-state index contributed by atoms with van der Waals surface area (Å²) < 4.78 is 2.50. The van der Waals surface area contributed by atoms with Gasteiger partial charge in [-0.25, -0.2) is 9.97 Å². The number of aliphatic hydroxyl groups excluding tert-OH is 1. The summed E-state index contributed by atoms with van der Waals surface area (Å²) in [6.45, 7) is 6.09. The monoisotopic (exact) mass is 528 g/mol. The summed E-state index contributed by atoms with van der Waals surface area (Å²) in [5.74, 6) is -0.0306. The number of fused-ring (bicyclic) bond motifs is 2. The molecule has 0 aliphatic rings. The molecule has 9 heteroatoms. The molecular weight excluding hydrogens is 509 g/mol. The van der Waals surface area contributed by atoms with Gasteiger partial charge >= 0.3 is 0 Å². The first-order valence-electron chi connectivity index (χ1n) is 11.0. The second kappa shape index (κ2) is 10.1. The molecule has 5 aromatic rings. The number of hydrogen-bond donors (Lipinski definition) is 1. The number of hydrogen-bond acceptors (Lipinski definition) is 8. The topological polar surface area (TPSA) is 91.8 Å². The Morgan fingerprint density at radius 2 is 2.00 bits per heavy atom. The van der Waals surface area contributed by atoms with Crippen LogP contribution in [-0.4, -0.2) is 25.4 Å². The SMILES string of the molecule is C=CCn1c(SC/C(O)=C(\C#N)c2nc3ccccc3s2)nc2scc(-c3ccc(C)cc3)c2c1=O. The Morgan fingerprint density at radius 1 is 1.22 bits per heavy atom. The van der Waals surface area contributed by atoms with Gasteiger partial charge in [0, 0.05) is 17.5 Å². The molecule has 6 nitrogen and oxygen atoms in total. The Bertz CT molecular complexity index is 1700. The van der Waals surface area contributed by atoms with E-state index in [0.29, 0.717) is 20.4 Å². The van der Waals surface area contributed by atoms with Crippen LogP contribution in [-0.2, 0) is 6.54 Å². The van der Waals surface area contributed by atoms with Crippen LogP contribution in [0, 0.1) is 18.3 Å². The van der Waals surface area contributed by atoms with Gasteiger partial charge in [0.1, 0.15) is 27.2 Å². The number of thioether (sulfide) groups is 1. The highest BCUT2D eigenvalue weighted by Gasteiger charge is 2.19. The fourth-order valence-corrected chi connectivity index (χ4v) is 6.63. The van der Waals surface area contributed by atoms with Gasteiger partial charge in [0.25, 0.3) is 5.56 Å². The molecule has 5 rings (SSSR count). The maximum atomic E-state index is 13.6. The number of allylic oxidation sites excluding steroid dienone is 2. The molecular formula is C27H20N4O2S3. The number of aromatic nitrogens is 3. The summed E-state index contributed by atoms with van der Waals surface area (Å²) in [4.78, 5) is 23.4. The Labute approximate surface area is 219 Å². The van der Waals surface area contributed by atoms with Crippen LogP contribution in [0.5, 0.6) is 0 Å². The summed E-state index contributed by atoms with van der Waals surface area (Å²) in [6.07, 6.45) is 1.65. The van der Waals surface area contributed by atoms with Crippen molar-refractivity contribution < 1.29 is 5.11 Å². The summed E-state index contributed by atoms with van der Waals surface area (Å²) in [5.41, 5.74) is 3.71. The number of para-hydroxylation sites is 1. The van der Waals surface area contributed by atoms with E-state index in [1.54, 1.807) is 10.6 Å². The van der Waals surface area contributed by atoms with Crippen LogP contribution in [0.2, 0.25) is 0 Å². The number of thiazole rings is 1. The second-order valence-corrected chi connectivity index (χ2v) is 10.8. The van der Waals surface area contributed by atoms with Gasteiger partial charge in [-0.1, -0.05) is 59.8 Å². The van der Waals surface area contributed by atoms with Gasteiger partial charge in [0.2, 0.25) is 0 Å². The molecule has 0 saturated carbocycles. The fourth-order valence-electron chi connectivity index (χ4n) is 3.77. The van der Waals surface area contributed by atoms with Crippen LogP contribution in [0.25, 0.3) is 37.1 Å². The lowest BCUT2D eigenvalue weighted by Crippen LogP contribution is -2.22. The molecule has 0 radical (unpaired) electrons. The largest absolute Gasteiger partial charge is 0.510 e. The summed E-state index contributed by atoms with van der Waals surface area (Å²) in [6, 6.07) is 17.7. The van der Waals surface area contributed by atoms with Gasteiger partial charge in [-0.2, -0.15) is 5.26 Å². The van der Waals surface area contributed by atoms with E-state index in [0.717, 1.165) is 26.9 Å². The van der Waals surface area contributed by atoms with Crippen LogP contribution in [0.3, 0.4) is 0 Å². The average molecular weight is 529 g/mol. The molecule has 3 aromatic heterocycles. The predicted molar refractivity (Wildman–Crippen MR) is 150 cm³/mol. The molecule has 0 saturated heterocycles. The number of aryl methyl sites for hydroxylation is 1. The molecule has 0 atom stereocenters. The molecule has 2 aromatic carbocycles. The summed E-state index contributed by atoms with van der Waals surface area (Å²) in [5, 5.41) is 24.0. The number of rotatable bonds is 7. The van der Waals surface area contributed by atoms with E-state index in [9.17, 15) is 15.2 Å². The van der Waals surface area contributed by atoms with E-state index in [4.69, 9.17) is 4.98 Å². The lowest BCUT2D eigenvalue weighted by atomic mass is 10.1. The lowest BCUT2D eigenvalue weighted by molar-refractivity contribution is 0.420. The maximum Gasteiger partial charge on any atom is 0.263 e. The molecule has 0 amide bonds. The highest BCUT2D eigenvalue weighted by atomic mass is 32.2. The molecule has 0 fully saturated rings. The Morgan fingerprint density at radius 3 is 2.72 bits per heavy atom. The van der Waals surface area contributed by atoms with Crippen molar-refractivity contribution in [3.63, 3.8) is 0 Å². The lowest BCUT2D eigenvalue weighted by Gasteiger charge is -2.11. The molecule has 0 aliphatic heterocycles. The predicted octanol–water partition coefficient (Wildman–Crippen LogP) is 6.81. The minimum absolute atomic E-state index is 0.0735. The third-order valence-electron chi connectivity index (χ3n) is 5.58. The van der Waals surface area contributed by atoms with E-state index in [-0.39, 0.29) is 29.2 Å². The molecule has 0 bridgehead atoms. The average Bonchev–Trinajstić information content (AvgIpc) is 3.50. The van der Waals surface area contributed by atoms with E-state index in [1.807, 2.05) is 60.8 Å². The van der Waals surface area contributed by atoms with E-state index >= 15 is 0 Å². The van der Waals surface area contributed by atoms with Crippen LogP contribution < -0.4 is 5.56 Å². The van der Waals surface area contributed by atoms with Crippen LogP contribution in [0.4, 0.5) is 0 Å². The van der Waals surface area contributed by atoms with E-state index in [2.05, 4.69) is 17.6 Å². The van der Waals surface area contributed by atoms with Crippen molar-refractivity contribution in [1.82, 2.24) is 14.5 Å². The van der Waals surface area contributed by atoms with Gasteiger partial charge in [0.05, 0.1) is 21.4 Å². The van der Waals surface area contributed by atoms with Gasteiger partial charge in [-0.05, 0) is 24.6 Å². The Kier molecular flexibility index (Phi) is 6.74. The molecule has 178 valence electrons.